The van der Waals surface area contributed by atoms with E-state index >= 15 is 0 Å². The highest BCUT2D eigenvalue weighted by molar-refractivity contribution is 8.00. The van der Waals surface area contributed by atoms with Crippen LogP contribution in [0.1, 0.15) is 34.8 Å². The second kappa shape index (κ2) is 17.3. The van der Waals surface area contributed by atoms with E-state index in [1.54, 1.807) is 38.0 Å². The molecule has 0 bridgehead atoms. The van der Waals surface area contributed by atoms with E-state index in [1.807, 2.05) is 49.5 Å². The first-order valence-corrected chi connectivity index (χ1v) is 15.6. The predicted molar refractivity (Wildman–Crippen MR) is 177 cm³/mol. The van der Waals surface area contributed by atoms with E-state index in [2.05, 4.69) is 31.0 Å². The zero-order chi connectivity index (χ0) is 33.8. The first kappa shape index (κ1) is 36.1. The molecule has 0 fully saturated rings. The molecule has 3 aromatic carbocycles. The van der Waals surface area contributed by atoms with Crippen molar-refractivity contribution in [3.05, 3.63) is 71.3 Å². The van der Waals surface area contributed by atoms with Crippen molar-refractivity contribution in [2.45, 2.75) is 36.3 Å². The fraction of sp³-hybridized carbons (Fsp3) is 0.382. The number of methoxy groups -OCH3 is 3. The minimum Gasteiger partial charge on any atom is -0.497 e. The van der Waals surface area contributed by atoms with Gasteiger partial charge in [-0.25, -0.2) is 9.59 Å². The molecule has 46 heavy (non-hydrogen) atoms. The summed E-state index contributed by atoms with van der Waals surface area (Å²) in [6, 6.07) is 18.0. The number of carboxylic acid groups (broad SMARTS) is 2. The van der Waals surface area contributed by atoms with Gasteiger partial charge in [0.2, 0.25) is 5.91 Å². The van der Waals surface area contributed by atoms with Crippen LogP contribution in [-0.4, -0.2) is 88.1 Å². The number of carbonyl (C=O) groups is 3. The molecule has 12 heteroatoms. The maximum atomic E-state index is 13.4. The van der Waals surface area contributed by atoms with Gasteiger partial charge >= 0.3 is 11.9 Å². The summed E-state index contributed by atoms with van der Waals surface area (Å²) in [6.45, 7) is 4.58. The Balaban J connectivity index is 0.000000875. The van der Waals surface area contributed by atoms with Crippen molar-refractivity contribution in [1.82, 2.24) is 4.90 Å². The third-order valence-corrected chi connectivity index (χ3v) is 8.65. The van der Waals surface area contributed by atoms with Crippen LogP contribution in [0.15, 0.2) is 59.5 Å². The van der Waals surface area contributed by atoms with Crippen molar-refractivity contribution < 1.29 is 43.5 Å². The molecule has 2 N–H and O–H groups in total. The van der Waals surface area contributed by atoms with Gasteiger partial charge in [-0.3, -0.25) is 4.79 Å². The quantitative estimate of drug-likeness (QED) is 0.183. The molecule has 1 unspecified atom stereocenters. The third kappa shape index (κ3) is 9.79. The van der Waals surface area contributed by atoms with Gasteiger partial charge in [0.15, 0.2) is 11.5 Å². The largest absolute Gasteiger partial charge is 0.497 e. The number of hydrogen-bond donors (Lipinski definition) is 2. The number of likely N-dealkylation sites (N-methyl/N-ethyl adjacent to an activating group) is 2. The zero-order valence-electron chi connectivity index (χ0n) is 27.1. The van der Waals surface area contributed by atoms with Gasteiger partial charge in [0.1, 0.15) is 16.7 Å². The Kier molecular flexibility index (Phi) is 13.6. The number of unbranched alkanes of at least 4 members (excludes halogenated alkanes) is 1. The Bertz CT molecular complexity index is 1500. The summed E-state index contributed by atoms with van der Waals surface area (Å²) >= 11 is 1.58. The fourth-order valence-electron chi connectivity index (χ4n) is 4.78. The summed E-state index contributed by atoms with van der Waals surface area (Å²) in [6.07, 6.45) is 2.87. The number of carboxylic acids is 2. The second-order valence-electron chi connectivity index (χ2n) is 10.7. The van der Waals surface area contributed by atoms with Gasteiger partial charge in [-0.15, -0.1) is 11.8 Å². The van der Waals surface area contributed by atoms with E-state index in [1.165, 1.54) is 11.1 Å². The van der Waals surface area contributed by atoms with E-state index < -0.39 is 17.2 Å². The summed E-state index contributed by atoms with van der Waals surface area (Å²) in [5.74, 6) is -0.655. The molecule has 0 saturated carbocycles. The van der Waals surface area contributed by atoms with Crippen LogP contribution in [0.3, 0.4) is 0 Å². The van der Waals surface area contributed by atoms with Crippen LogP contribution in [-0.2, 0) is 20.8 Å². The van der Waals surface area contributed by atoms with Crippen LogP contribution in [0.4, 0.5) is 5.69 Å². The number of amides is 1. The van der Waals surface area contributed by atoms with Crippen molar-refractivity contribution in [2.24, 2.45) is 0 Å². The number of thioether (sulfide) groups is 1. The molecule has 3 aromatic rings. The van der Waals surface area contributed by atoms with Crippen molar-refractivity contribution >= 4 is 35.3 Å². The molecule has 248 valence electrons. The first-order valence-electron chi connectivity index (χ1n) is 14.7. The van der Waals surface area contributed by atoms with Crippen molar-refractivity contribution in [3.63, 3.8) is 0 Å². The Labute approximate surface area is 274 Å². The minimum absolute atomic E-state index is 0.0376. The maximum Gasteiger partial charge on any atom is 0.414 e. The molecule has 1 atom stereocenters. The molecular formula is C34H42N2O9S. The van der Waals surface area contributed by atoms with Gasteiger partial charge in [-0.1, -0.05) is 12.1 Å². The first-order chi connectivity index (χ1) is 22.0. The number of nitrogens with zero attached hydrogens (tertiary/aromatic N) is 2. The standard InChI is InChI=1S/C32H40N2O5S.C2H2O4/c1-22-9-12-26-30(19-22)40-31(32(35)34(26)3)25-21-24(36-4)11-14-27(25)39-18-8-7-16-33(2)17-15-23-10-13-28(37-5)29(20-23)38-6;3-1(4)2(5)6/h9-14,19-21,31H,7-8,15-18H2,1-6H3;(H,3,4)(H,5,6). The number of aryl methyl sites for hydroxylation is 1. The number of fused-ring (bicyclic) bond motifs is 1. The molecule has 0 saturated heterocycles. The average molecular weight is 655 g/mol. The summed E-state index contributed by atoms with van der Waals surface area (Å²) in [5, 5.41) is 14.4. The molecule has 4 rings (SSSR count). The monoisotopic (exact) mass is 654 g/mol. The predicted octanol–water partition coefficient (Wildman–Crippen LogP) is 5.32. The summed E-state index contributed by atoms with van der Waals surface area (Å²) in [7, 11) is 8.94. The van der Waals surface area contributed by atoms with E-state index in [-0.39, 0.29) is 5.91 Å². The van der Waals surface area contributed by atoms with Crippen molar-refractivity contribution in [3.8, 4) is 23.0 Å². The second-order valence-corrected chi connectivity index (χ2v) is 11.8. The van der Waals surface area contributed by atoms with Crippen molar-refractivity contribution in [2.75, 3.05) is 60.0 Å². The van der Waals surface area contributed by atoms with Gasteiger partial charge in [0.05, 0.1) is 33.6 Å². The number of rotatable bonds is 13. The Morgan fingerprint density at radius 3 is 2.22 bits per heavy atom. The van der Waals surface area contributed by atoms with E-state index in [0.717, 1.165) is 65.7 Å². The van der Waals surface area contributed by atoms with Gasteiger partial charge in [0, 0.05) is 24.1 Å². The zero-order valence-corrected chi connectivity index (χ0v) is 27.9. The molecule has 0 aliphatic carbocycles. The molecule has 0 spiro atoms. The number of carbonyl (C=O) groups excluding carboxylic acids is 1. The lowest BCUT2D eigenvalue weighted by Gasteiger charge is -2.32. The molecule has 0 radical (unpaired) electrons. The summed E-state index contributed by atoms with van der Waals surface area (Å²) in [5.41, 5.74) is 4.18. The SMILES string of the molecule is COc1ccc(OCCCCN(C)CCc2ccc(OC)c(OC)c2)c(C2Sc3cc(C)ccc3N(C)C2=O)c1.O=C(O)C(=O)O. The Hall–Kier alpha value is -4.42. The third-order valence-electron chi connectivity index (χ3n) is 7.38. The van der Waals surface area contributed by atoms with Gasteiger partial charge in [-0.05, 0) is 93.4 Å². The van der Waals surface area contributed by atoms with E-state index in [4.69, 9.17) is 38.7 Å². The van der Waals surface area contributed by atoms with E-state index in [0.29, 0.717) is 12.4 Å². The number of anilines is 1. The maximum absolute atomic E-state index is 13.4. The van der Waals surface area contributed by atoms with Crippen molar-refractivity contribution in [1.29, 1.82) is 0 Å². The number of ether oxygens (including phenoxy) is 4. The van der Waals surface area contributed by atoms with Gasteiger partial charge in [-0.2, -0.15) is 0 Å². The number of benzene rings is 3. The highest BCUT2D eigenvalue weighted by Gasteiger charge is 2.34. The molecular weight excluding hydrogens is 612 g/mol. The number of aliphatic carboxylic acids is 2. The molecule has 0 aromatic heterocycles. The molecule has 11 nitrogen and oxygen atoms in total. The normalized spacial score (nSPS) is 13.8. The van der Waals surface area contributed by atoms with Crippen LogP contribution in [0.25, 0.3) is 0 Å². The summed E-state index contributed by atoms with van der Waals surface area (Å²) < 4.78 is 22.5. The Morgan fingerprint density at radius 2 is 1.57 bits per heavy atom. The van der Waals surface area contributed by atoms with Crippen LogP contribution >= 0.6 is 11.8 Å². The van der Waals surface area contributed by atoms with Crippen LogP contribution in [0, 0.1) is 6.92 Å². The molecule has 1 amide bonds. The average Bonchev–Trinajstić information content (AvgIpc) is 3.05. The molecule has 1 heterocycles. The van der Waals surface area contributed by atoms with Crippen LogP contribution < -0.4 is 23.8 Å². The smallest absolute Gasteiger partial charge is 0.414 e. The molecule has 1 aliphatic rings. The summed E-state index contributed by atoms with van der Waals surface area (Å²) in [4.78, 5) is 36.8. The van der Waals surface area contributed by atoms with Crippen LogP contribution in [0.2, 0.25) is 0 Å². The van der Waals surface area contributed by atoms with Gasteiger partial charge in [0.25, 0.3) is 0 Å². The number of hydrogen-bond acceptors (Lipinski definition) is 9. The lowest BCUT2D eigenvalue weighted by atomic mass is 10.1. The lowest BCUT2D eigenvalue weighted by Crippen LogP contribution is -2.34. The fourth-order valence-corrected chi connectivity index (χ4v) is 6.19. The van der Waals surface area contributed by atoms with Gasteiger partial charge < -0.3 is 39.0 Å². The molecule has 1 aliphatic heterocycles. The van der Waals surface area contributed by atoms with E-state index in [9.17, 15) is 4.79 Å². The highest BCUT2D eigenvalue weighted by atomic mass is 32.2. The highest BCUT2D eigenvalue weighted by Crippen LogP contribution is 2.49. The Morgan fingerprint density at radius 1 is 0.870 bits per heavy atom. The van der Waals surface area contributed by atoms with Crippen LogP contribution in [0.5, 0.6) is 23.0 Å². The lowest BCUT2D eigenvalue weighted by molar-refractivity contribution is -0.159. The minimum atomic E-state index is -1.82. The topological polar surface area (TPSA) is 135 Å².